The van der Waals surface area contributed by atoms with E-state index in [2.05, 4.69) is 12.2 Å². The minimum Gasteiger partial charge on any atom is -0.354 e. The Hall–Kier alpha value is -1.06. The van der Waals surface area contributed by atoms with Crippen LogP contribution in [0.2, 0.25) is 0 Å². The van der Waals surface area contributed by atoms with Gasteiger partial charge in [0.25, 0.3) is 0 Å². The Morgan fingerprint density at radius 2 is 2.06 bits per heavy atom. The third-order valence-corrected chi connectivity index (χ3v) is 3.26. The molecule has 1 aliphatic carbocycles. The van der Waals surface area contributed by atoms with Gasteiger partial charge in [-0.15, -0.1) is 12.4 Å². The van der Waals surface area contributed by atoms with Gasteiger partial charge in [0, 0.05) is 6.54 Å². The van der Waals surface area contributed by atoms with Crippen LogP contribution < -0.4 is 11.1 Å². The quantitative estimate of drug-likeness (QED) is 0.862. The van der Waals surface area contributed by atoms with Crippen molar-refractivity contribution in [1.29, 1.82) is 0 Å². The summed E-state index contributed by atoms with van der Waals surface area (Å²) in [4.78, 5) is 11.7. The van der Waals surface area contributed by atoms with Gasteiger partial charge in [0.15, 0.2) is 0 Å². The lowest BCUT2D eigenvalue weighted by atomic mass is 10.1. The number of rotatable bonds is 4. The van der Waals surface area contributed by atoms with Crippen molar-refractivity contribution in [3.8, 4) is 0 Å². The summed E-state index contributed by atoms with van der Waals surface area (Å²) in [7, 11) is 0. The molecule has 94 valence electrons. The maximum absolute atomic E-state index is 11.7. The SMILES string of the molecule is CC1CC1CNC(=O)C(N)c1ccccc1.Cl. The van der Waals surface area contributed by atoms with Crippen LogP contribution in [0.5, 0.6) is 0 Å². The molecule has 0 saturated heterocycles. The molecule has 0 bridgehead atoms. The fraction of sp³-hybridized carbons (Fsp3) is 0.462. The van der Waals surface area contributed by atoms with Crippen molar-refractivity contribution in [2.24, 2.45) is 17.6 Å². The Bertz CT molecular complexity index is 369. The topological polar surface area (TPSA) is 55.1 Å². The number of carbonyl (C=O) groups excluding carboxylic acids is 1. The molecular formula is C13H19ClN2O. The lowest BCUT2D eigenvalue weighted by Gasteiger charge is -2.12. The van der Waals surface area contributed by atoms with Crippen LogP contribution in [0.1, 0.15) is 24.9 Å². The van der Waals surface area contributed by atoms with Crippen LogP contribution in [0.15, 0.2) is 30.3 Å². The number of hydrogen-bond donors (Lipinski definition) is 2. The largest absolute Gasteiger partial charge is 0.354 e. The van der Waals surface area contributed by atoms with Crippen molar-refractivity contribution < 1.29 is 4.79 Å². The molecule has 2 rings (SSSR count). The summed E-state index contributed by atoms with van der Waals surface area (Å²) in [5.74, 6) is 1.34. The van der Waals surface area contributed by atoms with E-state index in [0.717, 1.165) is 18.0 Å². The second-order valence-corrected chi connectivity index (χ2v) is 4.61. The molecule has 0 heterocycles. The Kier molecular flexibility index (Phi) is 4.97. The fourth-order valence-corrected chi connectivity index (χ4v) is 1.84. The Labute approximate surface area is 108 Å². The molecule has 3 N–H and O–H groups in total. The molecule has 1 aromatic carbocycles. The molecule has 0 spiro atoms. The molecule has 3 nitrogen and oxygen atoms in total. The average molecular weight is 255 g/mol. The number of benzene rings is 1. The zero-order chi connectivity index (χ0) is 11.5. The highest BCUT2D eigenvalue weighted by Gasteiger charge is 2.32. The van der Waals surface area contributed by atoms with E-state index in [1.54, 1.807) is 0 Å². The molecular weight excluding hydrogens is 236 g/mol. The summed E-state index contributed by atoms with van der Waals surface area (Å²) in [6.45, 7) is 2.97. The van der Waals surface area contributed by atoms with E-state index in [0.29, 0.717) is 5.92 Å². The van der Waals surface area contributed by atoms with E-state index < -0.39 is 6.04 Å². The molecule has 17 heavy (non-hydrogen) atoms. The number of amides is 1. The molecule has 0 radical (unpaired) electrons. The number of halogens is 1. The third kappa shape index (κ3) is 3.72. The average Bonchev–Trinajstić information content (AvgIpc) is 3.02. The first-order chi connectivity index (χ1) is 7.68. The van der Waals surface area contributed by atoms with Gasteiger partial charge in [-0.3, -0.25) is 4.79 Å². The molecule has 0 aliphatic heterocycles. The van der Waals surface area contributed by atoms with Gasteiger partial charge >= 0.3 is 0 Å². The standard InChI is InChI=1S/C13H18N2O.ClH/c1-9-7-11(9)8-15-13(16)12(14)10-5-3-2-4-6-10;/h2-6,9,11-12H,7-8,14H2,1H3,(H,15,16);1H. The molecule has 1 amide bonds. The van der Waals surface area contributed by atoms with E-state index in [4.69, 9.17) is 5.73 Å². The number of carbonyl (C=O) groups is 1. The second-order valence-electron chi connectivity index (χ2n) is 4.61. The molecule has 4 heteroatoms. The highest BCUT2D eigenvalue weighted by Crippen LogP contribution is 2.36. The lowest BCUT2D eigenvalue weighted by molar-refractivity contribution is -0.122. The predicted octanol–water partition coefficient (Wildman–Crippen LogP) is 1.88. The molecule has 3 unspecified atom stereocenters. The minimum atomic E-state index is -0.546. The summed E-state index contributed by atoms with van der Waals surface area (Å²) in [6, 6.07) is 8.92. The molecule has 1 aliphatic rings. The van der Waals surface area contributed by atoms with E-state index in [-0.39, 0.29) is 18.3 Å². The molecule has 1 fully saturated rings. The second kappa shape index (κ2) is 6.03. The maximum atomic E-state index is 11.7. The van der Waals surface area contributed by atoms with Crippen molar-refractivity contribution in [2.75, 3.05) is 6.54 Å². The summed E-state index contributed by atoms with van der Waals surface area (Å²) >= 11 is 0. The monoisotopic (exact) mass is 254 g/mol. The van der Waals surface area contributed by atoms with Crippen LogP contribution in [0, 0.1) is 11.8 Å². The number of hydrogen-bond acceptors (Lipinski definition) is 2. The minimum absolute atomic E-state index is 0. The van der Waals surface area contributed by atoms with Gasteiger partial charge in [-0.25, -0.2) is 0 Å². The van der Waals surface area contributed by atoms with Gasteiger partial charge in [-0.1, -0.05) is 37.3 Å². The first-order valence-electron chi connectivity index (χ1n) is 5.76. The number of nitrogens with two attached hydrogens (primary N) is 1. The number of nitrogens with one attached hydrogen (secondary N) is 1. The van der Waals surface area contributed by atoms with Crippen LogP contribution in [0.4, 0.5) is 0 Å². The normalized spacial score (nSPS) is 23.4. The summed E-state index contributed by atoms with van der Waals surface area (Å²) in [5, 5.41) is 2.91. The van der Waals surface area contributed by atoms with Gasteiger partial charge in [-0.05, 0) is 23.8 Å². The van der Waals surface area contributed by atoms with Crippen molar-refractivity contribution in [3.63, 3.8) is 0 Å². The predicted molar refractivity (Wildman–Crippen MR) is 70.9 cm³/mol. The molecule has 0 aromatic heterocycles. The van der Waals surface area contributed by atoms with E-state index in [1.165, 1.54) is 6.42 Å². The van der Waals surface area contributed by atoms with Crippen molar-refractivity contribution in [3.05, 3.63) is 35.9 Å². The van der Waals surface area contributed by atoms with Gasteiger partial charge in [-0.2, -0.15) is 0 Å². The van der Waals surface area contributed by atoms with Crippen LogP contribution in [-0.2, 0) is 4.79 Å². The Balaban J connectivity index is 0.00000144. The Morgan fingerprint density at radius 3 is 2.59 bits per heavy atom. The summed E-state index contributed by atoms with van der Waals surface area (Å²) in [6.07, 6.45) is 1.22. The van der Waals surface area contributed by atoms with E-state index >= 15 is 0 Å². The first kappa shape index (κ1) is 14.0. The van der Waals surface area contributed by atoms with Crippen molar-refractivity contribution in [2.45, 2.75) is 19.4 Å². The summed E-state index contributed by atoms with van der Waals surface area (Å²) in [5.41, 5.74) is 6.73. The van der Waals surface area contributed by atoms with E-state index in [1.807, 2.05) is 30.3 Å². The van der Waals surface area contributed by atoms with Crippen LogP contribution in [0.25, 0.3) is 0 Å². The Morgan fingerprint density at radius 1 is 1.47 bits per heavy atom. The molecule has 1 aromatic rings. The van der Waals surface area contributed by atoms with Gasteiger partial charge < -0.3 is 11.1 Å². The smallest absolute Gasteiger partial charge is 0.241 e. The maximum Gasteiger partial charge on any atom is 0.241 e. The molecule has 1 saturated carbocycles. The molecule has 3 atom stereocenters. The van der Waals surface area contributed by atoms with Crippen molar-refractivity contribution >= 4 is 18.3 Å². The van der Waals surface area contributed by atoms with Crippen LogP contribution >= 0.6 is 12.4 Å². The van der Waals surface area contributed by atoms with E-state index in [9.17, 15) is 4.79 Å². The first-order valence-corrected chi connectivity index (χ1v) is 5.76. The lowest BCUT2D eigenvalue weighted by Crippen LogP contribution is -2.35. The summed E-state index contributed by atoms with van der Waals surface area (Å²) < 4.78 is 0. The fourth-order valence-electron chi connectivity index (χ4n) is 1.84. The zero-order valence-corrected chi connectivity index (χ0v) is 10.7. The van der Waals surface area contributed by atoms with Gasteiger partial charge in [0.1, 0.15) is 6.04 Å². The van der Waals surface area contributed by atoms with Crippen LogP contribution in [-0.4, -0.2) is 12.5 Å². The van der Waals surface area contributed by atoms with Gasteiger partial charge in [0.05, 0.1) is 0 Å². The van der Waals surface area contributed by atoms with Crippen molar-refractivity contribution in [1.82, 2.24) is 5.32 Å². The zero-order valence-electron chi connectivity index (χ0n) is 9.93. The van der Waals surface area contributed by atoms with Gasteiger partial charge in [0.2, 0.25) is 5.91 Å². The highest BCUT2D eigenvalue weighted by atomic mass is 35.5. The van der Waals surface area contributed by atoms with Crippen LogP contribution in [0.3, 0.4) is 0 Å². The third-order valence-electron chi connectivity index (χ3n) is 3.26. The highest BCUT2D eigenvalue weighted by molar-refractivity contribution is 5.85.